The molecule has 1 amide bonds. The van der Waals surface area contributed by atoms with Crippen molar-refractivity contribution in [3.8, 4) is 0 Å². The molecule has 0 aliphatic carbocycles. The SMILES string of the molecule is O=C([O-])N1CCC1.[Na+]. The van der Waals surface area contributed by atoms with E-state index >= 15 is 0 Å². The zero-order chi connectivity index (χ0) is 5.28. The van der Waals surface area contributed by atoms with Crippen LogP contribution in [0.3, 0.4) is 0 Å². The molecule has 1 aliphatic heterocycles. The van der Waals surface area contributed by atoms with Crippen molar-refractivity contribution in [2.24, 2.45) is 0 Å². The Bertz CT molecular complexity index is 92.0. The Morgan fingerprint density at radius 2 is 2.00 bits per heavy atom. The Morgan fingerprint density at radius 3 is 2.00 bits per heavy atom. The number of hydrogen-bond donors (Lipinski definition) is 0. The van der Waals surface area contributed by atoms with Crippen molar-refractivity contribution in [2.45, 2.75) is 6.42 Å². The summed E-state index contributed by atoms with van der Waals surface area (Å²) in [5, 5.41) is 9.80. The third-order valence-electron chi connectivity index (χ3n) is 1.11. The molecular weight excluding hydrogens is 117 g/mol. The second kappa shape index (κ2) is 3.33. The molecule has 0 bridgehead atoms. The van der Waals surface area contributed by atoms with E-state index in [1.165, 1.54) is 4.90 Å². The van der Waals surface area contributed by atoms with Crippen molar-refractivity contribution in [1.29, 1.82) is 0 Å². The maximum Gasteiger partial charge on any atom is 1.00 e. The normalized spacial score (nSPS) is 16.2. The van der Waals surface area contributed by atoms with Gasteiger partial charge < -0.3 is 14.8 Å². The number of hydrogen-bond acceptors (Lipinski definition) is 2. The maximum atomic E-state index is 9.80. The van der Waals surface area contributed by atoms with Crippen molar-refractivity contribution in [2.75, 3.05) is 13.1 Å². The molecule has 0 saturated carbocycles. The molecule has 8 heavy (non-hydrogen) atoms. The predicted octanol–water partition coefficient (Wildman–Crippen LogP) is -3.96. The van der Waals surface area contributed by atoms with Crippen LogP contribution in [0.2, 0.25) is 0 Å². The molecule has 0 atom stereocenters. The van der Waals surface area contributed by atoms with E-state index < -0.39 is 6.09 Å². The average molecular weight is 123 g/mol. The fraction of sp³-hybridized carbons (Fsp3) is 0.750. The van der Waals surface area contributed by atoms with Crippen molar-refractivity contribution in [3.63, 3.8) is 0 Å². The molecule has 1 aliphatic rings. The van der Waals surface area contributed by atoms with Gasteiger partial charge in [-0.1, -0.05) is 0 Å². The van der Waals surface area contributed by atoms with Crippen molar-refractivity contribution in [1.82, 2.24) is 4.90 Å². The second-order valence-electron chi connectivity index (χ2n) is 1.61. The molecule has 0 aromatic carbocycles. The monoisotopic (exact) mass is 123 g/mol. The Balaban J connectivity index is 0.000000490. The number of carbonyl (C=O) groups excluding carboxylic acids is 1. The third-order valence-corrected chi connectivity index (χ3v) is 1.11. The Hall–Kier alpha value is 0.270. The van der Waals surface area contributed by atoms with Gasteiger partial charge >= 0.3 is 29.6 Å². The van der Waals surface area contributed by atoms with Crippen LogP contribution in [0.5, 0.6) is 0 Å². The molecule has 0 unspecified atom stereocenters. The van der Waals surface area contributed by atoms with Crippen LogP contribution in [0.1, 0.15) is 6.42 Å². The van der Waals surface area contributed by atoms with Crippen LogP contribution in [0, 0.1) is 0 Å². The molecular formula is C4H6NNaO2. The summed E-state index contributed by atoms with van der Waals surface area (Å²) in [5.41, 5.74) is 0. The average Bonchev–Trinajstić information content (AvgIpc) is 1.23. The minimum absolute atomic E-state index is 0. The third kappa shape index (κ3) is 1.65. The summed E-state index contributed by atoms with van der Waals surface area (Å²) in [7, 11) is 0. The van der Waals surface area contributed by atoms with E-state index in [-0.39, 0.29) is 29.6 Å². The van der Waals surface area contributed by atoms with Crippen LogP contribution in [-0.4, -0.2) is 24.1 Å². The van der Waals surface area contributed by atoms with Crippen LogP contribution in [0.4, 0.5) is 4.79 Å². The van der Waals surface area contributed by atoms with Crippen LogP contribution in [0.15, 0.2) is 0 Å². The first-order chi connectivity index (χ1) is 3.30. The topological polar surface area (TPSA) is 43.4 Å². The number of likely N-dealkylation sites (tertiary alicyclic amines) is 1. The smallest absolute Gasteiger partial charge is 0.530 e. The minimum Gasteiger partial charge on any atom is -0.530 e. The molecule has 0 radical (unpaired) electrons. The van der Waals surface area contributed by atoms with Crippen LogP contribution in [0.25, 0.3) is 0 Å². The molecule has 40 valence electrons. The molecule has 1 fully saturated rings. The van der Waals surface area contributed by atoms with Crippen molar-refractivity contribution < 1.29 is 39.5 Å². The molecule has 3 nitrogen and oxygen atoms in total. The number of amides is 1. The molecule has 1 saturated heterocycles. The second-order valence-corrected chi connectivity index (χ2v) is 1.61. The van der Waals surface area contributed by atoms with Crippen molar-refractivity contribution in [3.05, 3.63) is 0 Å². The van der Waals surface area contributed by atoms with Gasteiger partial charge in [0.25, 0.3) is 0 Å². The molecule has 0 aromatic rings. The number of nitrogens with zero attached hydrogens (tertiary/aromatic N) is 1. The van der Waals surface area contributed by atoms with Crippen LogP contribution >= 0.6 is 0 Å². The number of carbonyl (C=O) groups is 1. The van der Waals surface area contributed by atoms with Gasteiger partial charge in [-0.05, 0) is 6.42 Å². The van der Waals surface area contributed by atoms with E-state index in [0.29, 0.717) is 13.1 Å². The van der Waals surface area contributed by atoms with Gasteiger partial charge in [0.05, 0.1) is 0 Å². The van der Waals surface area contributed by atoms with Gasteiger partial charge in [0.2, 0.25) is 0 Å². The van der Waals surface area contributed by atoms with E-state index in [0.717, 1.165) is 6.42 Å². The fourth-order valence-electron chi connectivity index (χ4n) is 0.499. The zero-order valence-corrected chi connectivity index (χ0v) is 6.89. The number of carboxylic acid groups (broad SMARTS) is 1. The van der Waals surface area contributed by atoms with Gasteiger partial charge in [0.15, 0.2) is 0 Å². The maximum absolute atomic E-state index is 9.80. The predicted molar refractivity (Wildman–Crippen MR) is 21.6 cm³/mol. The summed E-state index contributed by atoms with van der Waals surface area (Å²) < 4.78 is 0. The number of rotatable bonds is 0. The van der Waals surface area contributed by atoms with Crippen LogP contribution < -0.4 is 34.7 Å². The van der Waals surface area contributed by atoms with E-state index in [4.69, 9.17) is 0 Å². The van der Waals surface area contributed by atoms with E-state index in [1.807, 2.05) is 0 Å². The van der Waals surface area contributed by atoms with Gasteiger partial charge in [-0.15, -0.1) is 0 Å². The molecule has 1 heterocycles. The van der Waals surface area contributed by atoms with Gasteiger partial charge in [-0.3, -0.25) is 0 Å². The van der Waals surface area contributed by atoms with E-state index in [9.17, 15) is 9.90 Å². The van der Waals surface area contributed by atoms with Gasteiger partial charge in [0.1, 0.15) is 6.09 Å². The summed E-state index contributed by atoms with van der Waals surface area (Å²) >= 11 is 0. The van der Waals surface area contributed by atoms with Gasteiger partial charge in [-0.25, -0.2) is 0 Å². The van der Waals surface area contributed by atoms with Crippen molar-refractivity contribution >= 4 is 6.09 Å². The Labute approximate surface area is 70.0 Å². The summed E-state index contributed by atoms with van der Waals surface area (Å²) in [6.45, 7) is 1.34. The first kappa shape index (κ1) is 8.27. The van der Waals surface area contributed by atoms with Crippen LogP contribution in [-0.2, 0) is 0 Å². The summed E-state index contributed by atoms with van der Waals surface area (Å²) in [6.07, 6.45) is -0.0419. The summed E-state index contributed by atoms with van der Waals surface area (Å²) in [5.74, 6) is 0. The Morgan fingerprint density at radius 1 is 1.50 bits per heavy atom. The summed E-state index contributed by atoms with van der Waals surface area (Å²) in [6, 6.07) is 0. The van der Waals surface area contributed by atoms with Gasteiger partial charge in [-0.2, -0.15) is 0 Å². The Kier molecular flexibility index (Phi) is 3.44. The van der Waals surface area contributed by atoms with Gasteiger partial charge in [0, 0.05) is 13.1 Å². The summed E-state index contributed by atoms with van der Waals surface area (Å²) in [4.78, 5) is 11.1. The first-order valence-electron chi connectivity index (χ1n) is 2.26. The van der Waals surface area contributed by atoms with E-state index in [2.05, 4.69) is 0 Å². The minimum atomic E-state index is -1.04. The molecule has 1 rings (SSSR count). The molecule has 0 aromatic heterocycles. The largest absolute Gasteiger partial charge is 1.00 e. The zero-order valence-electron chi connectivity index (χ0n) is 4.89. The van der Waals surface area contributed by atoms with E-state index in [1.54, 1.807) is 0 Å². The quantitative estimate of drug-likeness (QED) is 0.308. The molecule has 0 spiro atoms. The standard InChI is InChI=1S/C4H7NO2.Na/c6-4(7)5-2-1-3-5;/h1-3H2,(H,6,7);/q;+1/p-1. The fourth-order valence-corrected chi connectivity index (χ4v) is 0.499. The molecule has 0 N–H and O–H groups in total. The molecule has 4 heteroatoms. The first-order valence-corrected chi connectivity index (χ1v) is 2.26.